The fourth-order valence-corrected chi connectivity index (χ4v) is 9.16. The molecule has 2 saturated carbocycles. The van der Waals surface area contributed by atoms with Gasteiger partial charge in [-0.25, -0.2) is 9.59 Å². The molecule has 2 aliphatic heterocycles. The van der Waals surface area contributed by atoms with E-state index in [1.54, 1.807) is 36.4 Å². The van der Waals surface area contributed by atoms with Crippen molar-refractivity contribution in [1.29, 1.82) is 0 Å². The van der Waals surface area contributed by atoms with Crippen LogP contribution in [0.15, 0.2) is 60.7 Å². The maximum atomic E-state index is 13.3. The number of hydrogen-bond acceptors (Lipinski definition) is 7. The van der Waals surface area contributed by atoms with Gasteiger partial charge in [0.05, 0.1) is 11.1 Å². The number of ether oxygens (including phenoxy) is 4. The Bertz CT molecular complexity index is 1330. The van der Waals surface area contributed by atoms with Crippen LogP contribution in [-0.4, -0.2) is 46.9 Å². The van der Waals surface area contributed by atoms with Crippen LogP contribution in [0, 0.1) is 34.5 Å². The third kappa shape index (κ3) is 4.03. The molecule has 2 aromatic carbocycles. The van der Waals surface area contributed by atoms with Crippen LogP contribution in [0.3, 0.4) is 0 Å². The summed E-state index contributed by atoms with van der Waals surface area (Å²) in [5, 5.41) is 12.2. The molecule has 2 saturated heterocycles. The van der Waals surface area contributed by atoms with Crippen molar-refractivity contribution < 1.29 is 33.6 Å². The molecule has 0 aromatic heterocycles. The minimum atomic E-state index is -1.43. The number of aliphatic hydroxyl groups is 1. The van der Waals surface area contributed by atoms with Gasteiger partial charge in [0.15, 0.2) is 11.6 Å². The summed E-state index contributed by atoms with van der Waals surface area (Å²) >= 11 is 0. The second-order valence-corrected chi connectivity index (χ2v) is 13.7. The quantitative estimate of drug-likeness (QED) is 0.447. The maximum absolute atomic E-state index is 13.3. The first-order valence-corrected chi connectivity index (χ1v) is 14.9. The fraction of sp³-hybridized carbons (Fsp3) is 0.588. The zero-order chi connectivity index (χ0) is 29.4. The van der Waals surface area contributed by atoms with Gasteiger partial charge in [-0.1, -0.05) is 71.0 Å². The molecule has 0 bridgehead atoms. The predicted octanol–water partition coefficient (Wildman–Crippen LogP) is 6.01. The van der Waals surface area contributed by atoms with Crippen LogP contribution >= 0.6 is 0 Å². The van der Waals surface area contributed by atoms with Crippen molar-refractivity contribution in [2.75, 3.05) is 6.61 Å². The first kappa shape index (κ1) is 28.4. The fourth-order valence-electron chi connectivity index (χ4n) is 9.16. The van der Waals surface area contributed by atoms with E-state index in [9.17, 15) is 14.7 Å². The maximum Gasteiger partial charge on any atom is 0.338 e. The molecule has 2 heterocycles. The zero-order valence-electron chi connectivity index (χ0n) is 24.9. The van der Waals surface area contributed by atoms with Gasteiger partial charge in [-0.3, -0.25) is 0 Å². The standard InChI is InChI=1S/C34H42O7/c1-21-22(2)31(5)19-33(37)26(32(31,6)27(21)39-29(36)25-15-11-8-12-16-25)23(3)34(41-33)18-17-30(4,40-34)20-38-28(35)24-13-9-7-10-14-24/h7-16,21-23,26-27,37H,17-20H2,1-6H3/t21?,22?,23-,26+,27+,30-,31-,32-,33-,34+/m0/s1. The average molecular weight is 563 g/mol. The van der Waals surface area contributed by atoms with Crippen molar-refractivity contribution in [1.82, 2.24) is 0 Å². The smallest absolute Gasteiger partial charge is 0.338 e. The van der Waals surface area contributed by atoms with Crippen LogP contribution in [0.5, 0.6) is 0 Å². The third-order valence-corrected chi connectivity index (χ3v) is 11.6. The lowest BCUT2D eigenvalue weighted by Crippen LogP contribution is -2.49. The van der Waals surface area contributed by atoms with E-state index in [0.29, 0.717) is 30.4 Å². The highest BCUT2D eigenvalue weighted by molar-refractivity contribution is 5.89. The summed E-state index contributed by atoms with van der Waals surface area (Å²) < 4.78 is 25.4. The van der Waals surface area contributed by atoms with Crippen LogP contribution < -0.4 is 0 Å². The summed E-state index contributed by atoms with van der Waals surface area (Å²) in [7, 11) is 0. The summed E-state index contributed by atoms with van der Waals surface area (Å²) in [5.41, 5.74) is -0.629. The minimum absolute atomic E-state index is 0.0853. The lowest BCUT2D eigenvalue weighted by Gasteiger charge is -2.45. The topological polar surface area (TPSA) is 91.3 Å². The largest absolute Gasteiger partial charge is 0.459 e. The Morgan fingerprint density at radius 2 is 1.44 bits per heavy atom. The third-order valence-electron chi connectivity index (χ3n) is 11.6. The first-order chi connectivity index (χ1) is 19.3. The summed E-state index contributed by atoms with van der Waals surface area (Å²) in [5.74, 6) is -3.43. The first-order valence-electron chi connectivity index (χ1n) is 14.9. The number of benzene rings is 2. The minimum Gasteiger partial charge on any atom is -0.459 e. The van der Waals surface area contributed by atoms with Crippen molar-refractivity contribution in [2.24, 2.45) is 34.5 Å². The van der Waals surface area contributed by atoms with Crippen LogP contribution in [0.25, 0.3) is 0 Å². The van der Waals surface area contributed by atoms with E-state index >= 15 is 0 Å². The van der Waals surface area contributed by atoms with Gasteiger partial charge in [0.25, 0.3) is 0 Å². The number of hydrogen-bond donors (Lipinski definition) is 1. The van der Waals surface area contributed by atoms with Gasteiger partial charge in [0.1, 0.15) is 18.3 Å². The van der Waals surface area contributed by atoms with Gasteiger partial charge < -0.3 is 24.1 Å². The van der Waals surface area contributed by atoms with Crippen LogP contribution in [0.1, 0.15) is 81.5 Å². The second kappa shape index (κ2) is 9.38. The lowest BCUT2D eigenvalue weighted by atomic mass is 9.60. The molecule has 2 aromatic rings. The number of carbonyl (C=O) groups excluding carboxylic acids is 2. The highest BCUT2D eigenvalue weighted by Gasteiger charge is 2.82. The molecule has 2 unspecified atom stereocenters. The predicted molar refractivity (Wildman–Crippen MR) is 152 cm³/mol. The van der Waals surface area contributed by atoms with E-state index < -0.39 is 34.7 Å². The molecule has 7 heteroatoms. The van der Waals surface area contributed by atoms with Crippen molar-refractivity contribution in [2.45, 2.75) is 84.1 Å². The molecular formula is C34H42O7. The molecule has 4 aliphatic rings. The summed E-state index contributed by atoms with van der Waals surface area (Å²) in [6.07, 6.45) is 1.21. The Balaban J connectivity index is 1.26. The van der Waals surface area contributed by atoms with Gasteiger partial charge in [-0.15, -0.1) is 0 Å². The van der Waals surface area contributed by atoms with Gasteiger partial charge >= 0.3 is 11.9 Å². The van der Waals surface area contributed by atoms with Gasteiger partial charge in [0.2, 0.25) is 0 Å². The summed E-state index contributed by atoms with van der Waals surface area (Å²) in [6, 6.07) is 18.0. The van der Waals surface area contributed by atoms with Crippen molar-refractivity contribution in [3.63, 3.8) is 0 Å². The number of carbonyl (C=O) groups is 2. The molecule has 41 heavy (non-hydrogen) atoms. The normalized spacial score (nSPS) is 44.5. The second-order valence-electron chi connectivity index (χ2n) is 13.7. The molecule has 2 aliphatic carbocycles. The van der Waals surface area contributed by atoms with E-state index in [1.807, 2.05) is 31.2 Å². The molecule has 7 nitrogen and oxygen atoms in total. The Kier molecular flexibility index (Phi) is 6.49. The number of esters is 2. The molecule has 0 radical (unpaired) electrons. The van der Waals surface area contributed by atoms with E-state index in [2.05, 4.69) is 34.6 Å². The highest BCUT2D eigenvalue weighted by Crippen LogP contribution is 2.77. The van der Waals surface area contributed by atoms with Crippen molar-refractivity contribution in [3.05, 3.63) is 71.8 Å². The van der Waals surface area contributed by atoms with Crippen molar-refractivity contribution >= 4 is 11.9 Å². The Morgan fingerprint density at radius 3 is 2.05 bits per heavy atom. The number of fused-ring (bicyclic) bond motifs is 3. The Hall–Kier alpha value is -2.74. The van der Waals surface area contributed by atoms with Crippen molar-refractivity contribution in [3.8, 4) is 0 Å². The van der Waals surface area contributed by atoms with Crippen LogP contribution in [-0.2, 0) is 18.9 Å². The van der Waals surface area contributed by atoms with Gasteiger partial charge in [-0.2, -0.15) is 0 Å². The average Bonchev–Trinajstić information content (AvgIpc) is 3.51. The summed E-state index contributed by atoms with van der Waals surface area (Å²) in [4.78, 5) is 26.0. The van der Waals surface area contributed by atoms with E-state index in [0.717, 1.165) is 0 Å². The molecule has 1 N–H and O–H groups in total. The lowest BCUT2D eigenvalue weighted by molar-refractivity contribution is -0.323. The molecule has 6 rings (SSSR count). The molecule has 1 spiro atoms. The molecule has 10 atom stereocenters. The van der Waals surface area contributed by atoms with Gasteiger partial charge in [0, 0.05) is 30.1 Å². The summed E-state index contributed by atoms with van der Waals surface area (Å²) in [6.45, 7) is 12.9. The Morgan fingerprint density at radius 1 is 0.854 bits per heavy atom. The van der Waals surface area contributed by atoms with E-state index in [4.69, 9.17) is 18.9 Å². The number of rotatable bonds is 5. The molecule has 0 amide bonds. The Labute approximate surface area is 242 Å². The molecular weight excluding hydrogens is 520 g/mol. The SMILES string of the molecule is CC1C(C)[C@]2(C)C[C@]3(O)O[C@]4(CC[C@@](C)(COC(=O)c5ccccc5)O4)[C@@H](C)[C@@H]3[C@@]2(C)[C@@H]1OC(=O)c1ccccc1. The van der Waals surface area contributed by atoms with Gasteiger partial charge in [-0.05, 0) is 54.9 Å². The zero-order valence-corrected chi connectivity index (χ0v) is 24.9. The monoisotopic (exact) mass is 562 g/mol. The van der Waals surface area contributed by atoms with E-state index in [1.165, 1.54) is 0 Å². The highest BCUT2D eigenvalue weighted by atomic mass is 16.8. The van der Waals surface area contributed by atoms with E-state index in [-0.39, 0.29) is 41.7 Å². The van der Waals surface area contributed by atoms with Crippen LogP contribution in [0.2, 0.25) is 0 Å². The molecule has 4 fully saturated rings. The van der Waals surface area contributed by atoms with Crippen LogP contribution in [0.4, 0.5) is 0 Å². The molecule has 220 valence electrons.